The second-order valence-corrected chi connectivity index (χ2v) is 7.45. The summed E-state index contributed by atoms with van der Waals surface area (Å²) >= 11 is 3.28. The van der Waals surface area contributed by atoms with Gasteiger partial charge >= 0.3 is 6.09 Å². The molecule has 25 heavy (non-hydrogen) atoms. The Kier molecular flexibility index (Phi) is 6.06. The van der Waals surface area contributed by atoms with Gasteiger partial charge in [0.15, 0.2) is 11.6 Å². The smallest absolute Gasteiger partial charge is 0.412 e. The van der Waals surface area contributed by atoms with Gasteiger partial charge in [0, 0.05) is 15.7 Å². The molecule has 0 unspecified atom stereocenters. The lowest BCUT2D eigenvalue weighted by Crippen LogP contribution is -2.27. The van der Waals surface area contributed by atoms with E-state index in [-0.39, 0.29) is 12.4 Å². The van der Waals surface area contributed by atoms with Gasteiger partial charge in [0.2, 0.25) is 0 Å². The molecule has 0 radical (unpaired) electrons. The molecule has 0 fully saturated rings. The van der Waals surface area contributed by atoms with Gasteiger partial charge in [0.25, 0.3) is 0 Å². The van der Waals surface area contributed by atoms with Crippen molar-refractivity contribution in [3.8, 4) is 5.75 Å². The van der Waals surface area contributed by atoms with Crippen molar-refractivity contribution in [2.75, 3.05) is 5.32 Å². The molecule has 0 aliphatic heterocycles. The van der Waals surface area contributed by atoms with Crippen LogP contribution in [0.1, 0.15) is 31.9 Å². The molecule has 0 saturated heterocycles. The molecule has 0 atom stereocenters. The normalized spacial score (nSPS) is 11.1. The topological polar surface area (TPSA) is 47.6 Å². The van der Waals surface area contributed by atoms with Crippen LogP contribution in [0, 0.1) is 12.7 Å². The highest BCUT2D eigenvalue weighted by molar-refractivity contribution is 9.10. The fourth-order valence-corrected chi connectivity index (χ4v) is 2.38. The van der Waals surface area contributed by atoms with Crippen molar-refractivity contribution in [3.63, 3.8) is 0 Å². The molecule has 134 valence electrons. The van der Waals surface area contributed by atoms with Gasteiger partial charge in [-0.3, -0.25) is 5.32 Å². The number of rotatable bonds is 4. The van der Waals surface area contributed by atoms with Crippen molar-refractivity contribution in [1.82, 2.24) is 0 Å². The van der Waals surface area contributed by atoms with E-state index in [0.29, 0.717) is 15.7 Å². The van der Waals surface area contributed by atoms with Crippen LogP contribution in [0.25, 0.3) is 0 Å². The molecule has 0 aliphatic carbocycles. The summed E-state index contributed by atoms with van der Waals surface area (Å²) in [4.78, 5) is 11.8. The lowest BCUT2D eigenvalue weighted by Gasteiger charge is -2.19. The van der Waals surface area contributed by atoms with Crippen LogP contribution in [0.2, 0.25) is 0 Å². The molecule has 4 nitrogen and oxygen atoms in total. The molecule has 0 aromatic heterocycles. The number of carbonyl (C=O) groups is 1. The zero-order valence-electron chi connectivity index (χ0n) is 14.7. The van der Waals surface area contributed by atoms with Crippen LogP contribution in [0.4, 0.5) is 14.9 Å². The summed E-state index contributed by atoms with van der Waals surface area (Å²) in [6, 6.07) is 10.5. The fourth-order valence-electron chi connectivity index (χ4n) is 2.07. The summed E-state index contributed by atoms with van der Waals surface area (Å²) in [5.41, 5.74) is 1.32. The standard InChI is InChI=1S/C19H21BrFNO3/c1-12-15(20)8-9-16(17(12)21)24-11-13-6-5-7-14(10-13)22-18(23)25-19(2,3)4/h5-10H,11H2,1-4H3,(H,22,23). The molecule has 2 rings (SSSR count). The molecular weight excluding hydrogens is 389 g/mol. The highest BCUT2D eigenvalue weighted by atomic mass is 79.9. The lowest BCUT2D eigenvalue weighted by atomic mass is 10.2. The molecule has 6 heteroatoms. The number of halogens is 2. The highest BCUT2D eigenvalue weighted by Crippen LogP contribution is 2.27. The van der Waals surface area contributed by atoms with E-state index < -0.39 is 17.5 Å². The first-order valence-corrected chi connectivity index (χ1v) is 8.61. The summed E-state index contributed by atoms with van der Waals surface area (Å²) in [5, 5.41) is 2.67. The number of anilines is 1. The van der Waals surface area contributed by atoms with Crippen LogP contribution in [0.3, 0.4) is 0 Å². The van der Waals surface area contributed by atoms with Gasteiger partial charge < -0.3 is 9.47 Å². The molecule has 0 spiro atoms. The third kappa shape index (κ3) is 5.74. The van der Waals surface area contributed by atoms with Gasteiger partial charge in [-0.15, -0.1) is 0 Å². The Bertz CT molecular complexity index is 772. The Balaban J connectivity index is 2.02. The zero-order chi connectivity index (χ0) is 18.6. The molecule has 2 aromatic carbocycles. The zero-order valence-corrected chi connectivity index (χ0v) is 16.2. The summed E-state index contributed by atoms with van der Waals surface area (Å²) in [7, 11) is 0. The minimum absolute atomic E-state index is 0.182. The minimum atomic E-state index is -0.568. The Morgan fingerprint density at radius 1 is 1.24 bits per heavy atom. The monoisotopic (exact) mass is 409 g/mol. The summed E-state index contributed by atoms with van der Waals surface area (Å²) in [5.74, 6) is -0.205. The second kappa shape index (κ2) is 7.87. The van der Waals surface area contributed by atoms with E-state index >= 15 is 0 Å². The van der Waals surface area contributed by atoms with Crippen molar-refractivity contribution >= 4 is 27.7 Å². The van der Waals surface area contributed by atoms with E-state index in [1.165, 1.54) is 0 Å². The van der Waals surface area contributed by atoms with Crippen LogP contribution in [-0.4, -0.2) is 11.7 Å². The van der Waals surface area contributed by atoms with Crippen LogP contribution >= 0.6 is 15.9 Å². The average Bonchev–Trinajstić information content (AvgIpc) is 2.50. The van der Waals surface area contributed by atoms with E-state index in [0.717, 1.165) is 5.56 Å². The highest BCUT2D eigenvalue weighted by Gasteiger charge is 2.16. The summed E-state index contributed by atoms with van der Waals surface area (Å²) in [6.45, 7) is 7.25. The Hall–Kier alpha value is -2.08. The summed E-state index contributed by atoms with van der Waals surface area (Å²) < 4.78 is 25.6. The summed E-state index contributed by atoms with van der Waals surface area (Å²) in [6.07, 6.45) is -0.528. The van der Waals surface area contributed by atoms with Crippen LogP contribution < -0.4 is 10.1 Å². The molecular formula is C19H21BrFNO3. The predicted molar refractivity (Wildman–Crippen MR) is 99.5 cm³/mol. The molecule has 2 aromatic rings. The van der Waals surface area contributed by atoms with Gasteiger partial charge in [-0.2, -0.15) is 0 Å². The first-order chi connectivity index (χ1) is 11.7. The quantitative estimate of drug-likeness (QED) is 0.691. The predicted octanol–water partition coefficient (Wildman–Crippen LogP) is 5.82. The number of hydrogen-bond donors (Lipinski definition) is 1. The number of amides is 1. The van der Waals surface area contributed by atoms with Crippen LogP contribution in [-0.2, 0) is 11.3 Å². The Morgan fingerprint density at radius 3 is 2.64 bits per heavy atom. The van der Waals surface area contributed by atoms with Gasteiger partial charge in [-0.1, -0.05) is 28.1 Å². The van der Waals surface area contributed by atoms with Gasteiger partial charge in [0.05, 0.1) is 0 Å². The number of nitrogens with one attached hydrogen (secondary N) is 1. The first-order valence-electron chi connectivity index (χ1n) is 7.82. The Morgan fingerprint density at radius 2 is 1.96 bits per heavy atom. The maximum absolute atomic E-state index is 14.1. The van der Waals surface area contributed by atoms with Gasteiger partial charge in [-0.25, -0.2) is 9.18 Å². The van der Waals surface area contributed by atoms with Crippen molar-refractivity contribution < 1.29 is 18.7 Å². The van der Waals surface area contributed by atoms with E-state index in [9.17, 15) is 9.18 Å². The van der Waals surface area contributed by atoms with E-state index in [1.54, 1.807) is 58.0 Å². The molecule has 0 saturated carbocycles. The van der Waals surface area contributed by atoms with Crippen molar-refractivity contribution in [1.29, 1.82) is 0 Å². The lowest BCUT2D eigenvalue weighted by molar-refractivity contribution is 0.0636. The number of carbonyl (C=O) groups excluding carboxylic acids is 1. The molecule has 0 bridgehead atoms. The minimum Gasteiger partial charge on any atom is -0.486 e. The second-order valence-electron chi connectivity index (χ2n) is 6.60. The maximum Gasteiger partial charge on any atom is 0.412 e. The Labute approximate surface area is 155 Å². The van der Waals surface area contributed by atoms with Crippen LogP contribution in [0.15, 0.2) is 40.9 Å². The largest absolute Gasteiger partial charge is 0.486 e. The van der Waals surface area contributed by atoms with Crippen molar-refractivity contribution in [2.24, 2.45) is 0 Å². The third-order valence-electron chi connectivity index (χ3n) is 3.25. The maximum atomic E-state index is 14.1. The number of ether oxygens (including phenoxy) is 2. The third-order valence-corrected chi connectivity index (χ3v) is 4.11. The fraction of sp³-hybridized carbons (Fsp3) is 0.316. The first kappa shape index (κ1) is 19.2. The molecule has 1 N–H and O–H groups in total. The number of benzene rings is 2. The molecule has 0 heterocycles. The van der Waals surface area contributed by atoms with Gasteiger partial charge in [-0.05, 0) is 57.5 Å². The van der Waals surface area contributed by atoms with Gasteiger partial charge in [0.1, 0.15) is 12.2 Å². The van der Waals surface area contributed by atoms with Crippen molar-refractivity contribution in [3.05, 3.63) is 57.8 Å². The number of hydrogen-bond acceptors (Lipinski definition) is 3. The molecule has 1 amide bonds. The van der Waals surface area contributed by atoms with Crippen molar-refractivity contribution in [2.45, 2.75) is 39.9 Å². The average molecular weight is 410 g/mol. The molecule has 0 aliphatic rings. The SMILES string of the molecule is Cc1c(Br)ccc(OCc2cccc(NC(=O)OC(C)(C)C)c2)c1F. The van der Waals surface area contributed by atoms with E-state index in [1.807, 2.05) is 6.07 Å². The van der Waals surface area contributed by atoms with E-state index in [2.05, 4.69) is 21.2 Å². The van der Waals surface area contributed by atoms with E-state index in [4.69, 9.17) is 9.47 Å². The van der Waals surface area contributed by atoms with Crippen LogP contribution in [0.5, 0.6) is 5.75 Å².